The van der Waals surface area contributed by atoms with Gasteiger partial charge in [-0.3, -0.25) is 0 Å². The predicted molar refractivity (Wildman–Crippen MR) is 96.7 cm³/mol. The molecular formula is C21H24N2O2. The molecule has 1 heterocycles. The van der Waals surface area contributed by atoms with Gasteiger partial charge in [-0.05, 0) is 55.1 Å². The zero-order valence-electron chi connectivity index (χ0n) is 14.3. The number of aliphatic hydroxyl groups is 2. The highest BCUT2D eigenvalue weighted by Crippen LogP contribution is 2.31. The van der Waals surface area contributed by atoms with Crippen LogP contribution < -0.4 is 0 Å². The molecule has 2 N–H and O–H groups in total. The van der Waals surface area contributed by atoms with E-state index in [4.69, 9.17) is 5.26 Å². The van der Waals surface area contributed by atoms with Gasteiger partial charge in [-0.2, -0.15) is 5.26 Å². The van der Waals surface area contributed by atoms with Crippen LogP contribution in [0.15, 0.2) is 54.6 Å². The molecule has 0 saturated carbocycles. The van der Waals surface area contributed by atoms with Crippen molar-refractivity contribution in [2.75, 3.05) is 19.6 Å². The second kappa shape index (κ2) is 8.26. The molecule has 2 unspecified atom stereocenters. The summed E-state index contributed by atoms with van der Waals surface area (Å²) in [5.41, 5.74) is 2.43. The van der Waals surface area contributed by atoms with Crippen LogP contribution in [0.2, 0.25) is 0 Å². The minimum absolute atomic E-state index is 0.269. The Morgan fingerprint density at radius 2 is 1.60 bits per heavy atom. The highest BCUT2D eigenvalue weighted by atomic mass is 16.3. The second-order valence-corrected chi connectivity index (χ2v) is 6.74. The van der Waals surface area contributed by atoms with Crippen LogP contribution in [-0.4, -0.2) is 34.7 Å². The van der Waals surface area contributed by atoms with Crippen LogP contribution in [0.3, 0.4) is 0 Å². The molecular weight excluding hydrogens is 312 g/mol. The third-order valence-corrected chi connectivity index (χ3v) is 5.08. The molecule has 4 nitrogen and oxygen atoms in total. The van der Waals surface area contributed by atoms with Crippen LogP contribution in [0.5, 0.6) is 0 Å². The molecule has 0 bridgehead atoms. The highest BCUT2D eigenvalue weighted by Gasteiger charge is 2.27. The van der Waals surface area contributed by atoms with Crippen molar-refractivity contribution in [1.29, 1.82) is 5.26 Å². The maximum absolute atomic E-state index is 10.5. The zero-order chi connectivity index (χ0) is 17.6. The predicted octanol–water partition coefficient (Wildman–Crippen LogP) is 3.04. The lowest BCUT2D eigenvalue weighted by molar-refractivity contribution is 0.0399. The Hall–Kier alpha value is -2.19. The molecule has 0 aromatic heterocycles. The minimum atomic E-state index is -0.552. The lowest BCUT2D eigenvalue weighted by Crippen LogP contribution is -2.38. The first-order valence-electron chi connectivity index (χ1n) is 8.81. The summed E-state index contributed by atoms with van der Waals surface area (Å²) in [5.74, 6) is 0.269. The fraction of sp³-hybridized carbons (Fsp3) is 0.381. The number of nitrogens with zero attached hydrogens (tertiary/aromatic N) is 2. The van der Waals surface area contributed by atoms with Gasteiger partial charge in [0.15, 0.2) is 0 Å². The number of rotatable bonds is 5. The molecule has 4 heteroatoms. The Bertz CT molecular complexity index is 701. The number of hydrogen-bond donors (Lipinski definition) is 2. The molecule has 130 valence electrons. The van der Waals surface area contributed by atoms with E-state index in [-0.39, 0.29) is 5.92 Å². The number of β-amino-alcohol motifs (C(OH)–C–C–N with tert-alkyl or cyclic N) is 1. The van der Waals surface area contributed by atoms with Gasteiger partial charge >= 0.3 is 0 Å². The summed E-state index contributed by atoms with van der Waals surface area (Å²) in [7, 11) is 0. The standard InChI is InChI=1S/C21H24N2O2/c22-14-16-6-8-17(9-7-16)20(24)15-23-12-10-19(11-13-23)21(25)18-4-2-1-3-5-18/h1-9,19-21,24-25H,10-13,15H2. The van der Waals surface area contributed by atoms with E-state index in [9.17, 15) is 10.2 Å². The summed E-state index contributed by atoms with van der Waals surface area (Å²) in [6, 6.07) is 19.0. The number of likely N-dealkylation sites (tertiary alicyclic amines) is 1. The van der Waals surface area contributed by atoms with Gasteiger partial charge < -0.3 is 15.1 Å². The van der Waals surface area contributed by atoms with Crippen LogP contribution in [-0.2, 0) is 0 Å². The second-order valence-electron chi connectivity index (χ2n) is 6.74. The quantitative estimate of drug-likeness (QED) is 0.881. The largest absolute Gasteiger partial charge is 0.388 e. The summed E-state index contributed by atoms with van der Waals surface area (Å²) in [4.78, 5) is 2.25. The molecule has 2 aromatic rings. The molecule has 2 atom stereocenters. The Labute approximate surface area is 149 Å². The van der Waals surface area contributed by atoms with Gasteiger partial charge in [0, 0.05) is 6.54 Å². The molecule has 0 radical (unpaired) electrons. The maximum atomic E-state index is 10.5. The van der Waals surface area contributed by atoms with Crippen LogP contribution in [0.25, 0.3) is 0 Å². The fourth-order valence-electron chi connectivity index (χ4n) is 3.50. The molecule has 1 aliphatic rings. The van der Waals surface area contributed by atoms with E-state index in [0.29, 0.717) is 12.1 Å². The van der Waals surface area contributed by atoms with E-state index < -0.39 is 12.2 Å². The van der Waals surface area contributed by atoms with E-state index >= 15 is 0 Å². The molecule has 1 aliphatic heterocycles. The van der Waals surface area contributed by atoms with E-state index in [1.165, 1.54) is 0 Å². The molecule has 25 heavy (non-hydrogen) atoms. The third-order valence-electron chi connectivity index (χ3n) is 5.08. The summed E-state index contributed by atoms with van der Waals surface area (Å²) in [6.07, 6.45) is 0.891. The van der Waals surface area contributed by atoms with E-state index in [1.54, 1.807) is 12.1 Å². The maximum Gasteiger partial charge on any atom is 0.0991 e. The van der Waals surface area contributed by atoms with Crippen LogP contribution >= 0.6 is 0 Å². The normalized spacial score (nSPS) is 18.4. The third kappa shape index (κ3) is 4.46. The molecule has 1 fully saturated rings. The van der Waals surface area contributed by atoms with Crippen molar-refractivity contribution in [2.45, 2.75) is 25.0 Å². The topological polar surface area (TPSA) is 67.5 Å². The first kappa shape index (κ1) is 17.6. The van der Waals surface area contributed by atoms with E-state index in [1.807, 2.05) is 42.5 Å². The SMILES string of the molecule is N#Cc1ccc(C(O)CN2CCC(C(O)c3ccccc3)CC2)cc1. The lowest BCUT2D eigenvalue weighted by atomic mass is 9.87. The van der Waals surface area contributed by atoms with Gasteiger partial charge in [-0.25, -0.2) is 0 Å². The van der Waals surface area contributed by atoms with E-state index in [0.717, 1.165) is 37.1 Å². The minimum Gasteiger partial charge on any atom is -0.388 e. The average Bonchev–Trinajstić information content (AvgIpc) is 2.68. The van der Waals surface area contributed by atoms with Gasteiger partial charge in [0.05, 0.1) is 23.8 Å². The van der Waals surface area contributed by atoms with Gasteiger partial charge in [0.2, 0.25) is 0 Å². The van der Waals surface area contributed by atoms with Gasteiger partial charge in [0.25, 0.3) is 0 Å². The number of aliphatic hydroxyl groups excluding tert-OH is 2. The highest BCUT2D eigenvalue weighted by molar-refractivity contribution is 5.32. The first-order chi connectivity index (χ1) is 12.2. The number of piperidine rings is 1. The lowest BCUT2D eigenvalue weighted by Gasteiger charge is -2.35. The Balaban J connectivity index is 1.51. The Morgan fingerprint density at radius 3 is 2.20 bits per heavy atom. The average molecular weight is 336 g/mol. The Morgan fingerprint density at radius 1 is 0.960 bits per heavy atom. The summed E-state index contributed by atoms with van der Waals surface area (Å²) >= 11 is 0. The van der Waals surface area contributed by atoms with Crippen LogP contribution in [0.1, 0.15) is 41.7 Å². The first-order valence-corrected chi connectivity index (χ1v) is 8.81. The van der Waals surface area contributed by atoms with Crippen LogP contribution in [0, 0.1) is 17.2 Å². The number of nitriles is 1. The summed E-state index contributed by atoms with van der Waals surface area (Å²) in [6.45, 7) is 2.34. The van der Waals surface area contributed by atoms with Crippen molar-refractivity contribution in [2.24, 2.45) is 5.92 Å². The van der Waals surface area contributed by atoms with Gasteiger partial charge in [-0.1, -0.05) is 42.5 Å². The Kier molecular flexibility index (Phi) is 5.83. The molecule has 0 amide bonds. The molecule has 3 rings (SSSR count). The summed E-state index contributed by atoms with van der Waals surface area (Å²) < 4.78 is 0. The van der Waals surface area contributed by atoms with Crippen molar-refractivity contribution >= 4 is 0 Å². The monoisotopic (exact) mass is 336 g/mol. The van der Waals surface area contributed by atoms with Crippen LogP contribution in [0.4, 0.5) is 0 Å². The van der Waals surface area contributed by atoms with Crippen molar-refractivity contribution < 1.29 is 10.2 Å². The molecule has 1 saturated heterocycles. The number of hydrogen-bond acceptors (Lipinski definition) is 4. The molecule has 0 aliphatic carbocycles. The fourth-order valence-corrected chi connectivity index (χ4v) is 3.50. The zero-order valence-corrected chi connectivity index (χ0v) is 14.3. The van der Waals surface area contributed by atoms with Crippen molar-refractivity contribution in [3.8, 4) is 6.07 Å². The van der Waals surface area contributed by atoms with E-state index in [2.05, 4.69) is 11.0 Å². The summed E-state index contributed by atoms with van der Waals surface area (Å²) in [5, 5.41) is 29.8. The molecule has 2 aromatic carbocycles. The number of benzene rings is 2. The van der Waals surface area contributed by atoms with Crippen molar-refractivity contribution in [3.63, 3.8) is 0 Å². The van der Waals surface area contributed by atoms with Crippen molar-refractivity contribution in [1.82, 2.24) is 4.90 Å². The van der Waals surface area contributed by atoms with Gasteiger partial charge in [0.1, 0.15) is 0 Å². The van der Waals surface area contributed by atoms with Gasteiger partial charge in [-0.15, -0.1) is 0 Å². The molecule has 0 spiro atoms. The smallest absolute Gasteiger partial charge is 0.0991 e. The van der Waals surface area contributed by atoms with Crippen molar-refractivity contribution in [3.05, 3.63) is 71.3 Å².